The minimum absolute atomic E-state index is 0.0925. The molecule has 2 aromatic rings. The van der Waals surface area contributed by atoms with Gasteiger partial charge in [0.15, 0.2) is 0 Å². The minimum Gasteiger partial charge on any atom is -0.336 e. The fourth-order valence-corrected chi connectivity index (χ4v) is 4.31. The van der Waals surface area contributed by atoms with Crippen LogP contribution < -0.4 is 0 Å². The van der Waals surface area contributed by atoms with E-state index in [4.69, 9.17) is 0 Å². The van der Waals surface area contributed by atoms with Gasteiger partial charge in [-0.1, -0.05) is 49.6 Å². The van der Waals surface area contributed by atoms with Crippen molar-refractivity contribution < 1.29 is 4.79 Å². The van der Waals surface area contributed by atoms with E-state index in [9.17, 15) is 4.79 Å². The number of rotatable bonds is 4. The Morgan fingerprint density at radius 3 is 2.50 bits per heavy atom. The quantitative estimate of drug-likeness (QED) is 0.917. The van der Waals surface area contributed by atoms with E-state index in [2.05, 4.69) is 15.1 Å². The monoisotopic (exact) mass is 352 g/mol. The Balaban J connectivity index is 1.36. The van der Waals surface area contributed by atoms with Crippen LogP contribution in [-0.2, 0) is 0 Å². The molecule has 1 aromatic heterocycles. The Kier molecular flexibility index (Phi) is 5.34. The van der Waals surface area contributed by atoms with Crippen molar-refractivity contribution in [3.05, 3.63) is 42.1 Å². The van der Waals surface area contributed by atoms with Crippen LogP contribution in [0.4, 0.5) is 0 Å². The minimum atomic E-state index is 0.0925. The molecule has 5 heteroatoms. The van der Waals surface area contributed by atoms with Gasteiger partial charge in [-0.05, 0) is 18.8 Å². The fraction of sp³-hybridized carbons (Fsp3) is 0.524. The molecule has 0 atom stereocenters. The summed E-state index contributed by atoms with van der Waals surface area (Å²) in [5.74, 6) is 0.958. The van der Waals surface area contributed by atoms with Gasteiger partial charge in [0.2, 0.25) is 0 Å². The summed E-state index contributed by atoms with van der Waals surface area (Å²) in [5, 5.41) is 7.12. The van der Waals surface area contributed by atoms with Crippen molar-refractivity contribution in [2.45, 2.75) is 32.1 Å². The fourth-order valence-electron chi connectivity index (χ4n) is 4.31. The van der Waals surface area contributed by atoms with Crippen molar-refractivity contribution in [1.29, 1.82) is 0 Å². The smallest absolute Gasteiger partial charge is 0.257 e. The number of hydrogen-bond donors (Lipinski definition) is 1. The molecule has 2 aliphatic rings. The van der Waals surface area contributed by atoms with Crippen LogP contribution in [0.2, 0.25) is 0 Å². The van der Waals surface area contributed by atoms with Gasteiger partial charge in [0, 0.05) is 38.3 Å². The van der Waals surface area contributed by atoms with Crippen LogP contribution in [0.3, 0.4) is 0 Å². The van der Waals surface area contributed by atoms with Gasteiger partial charge in [-0.3, -0.25) is 14.8 Å². The first-order valence-corrected chi connectivity index (χ1v) is 9.91. The number of aromatic amines is 1. The largest absolute Gasteiger partial charge is 0.336 e. The van der Waals surface area contributed by atoms with Gasteiger partial charge in [-0.15, -0.1) is 0 Å². The zero-order valence-corrected chi connectivity index (χ0v) is 15.4. The number of nitrogens with zero attached hydrogens (tertiary/aromatic N) is 3. The van der Waals surface area contributed by atoms with E-state index in [1.54, 1.807) is 6.20 Å². The third kappa shape index (κ3) is 3.83. The number of hydrogen-bond acceptors (Lipinski definition) is 3. The van der Waals surface area contributed by atoms with E-state index in [0.29, 0.717) is 5.56 Å². The van der Waals surface area contributed by atoms with Crippen LogP contribution >= 0.6 is 0 Å². The second-order valence-corrected chi connectivity index (χ2v) is 7.62. The first-order chi connectivity index (χ1) is 12.8. The number of carbonyl (C=O) groups is 1. The number of aromatic nitrogens is 2. The molecule has 1 aromatic carbocycles. The van der Waals surface area contributed by atoms with Crippen LogP contribution in [-0.4, -0.2) is 58.6 Å². The molecule has 4 rings (SSSR count). The summed E-state index contributed by atoms with van der Waals surface area (Å²) < 4.78 is 0. The van der Waals surface area contributed by atoms with Gasteiger partial charge < -0.3 is 4.90 Å². The van der Waals surface area contributed by atoms with Gasteiger partial charge in [-0.25, -0.2) is 0 Å². The Hall–Kier alpha value is -2.14. The Labute approximate surface area is 155 Å². The summed E-state index contributed by atoms with van der Waals surface area (Å²) in [4.78, 5) is 17.5. The van der Waals surface area contributed by atoms with Gasteiger partial charge in [0.1, 0.15) is 0 Å². The SMILES string of the molecule is O=C(c1cn[nH]c1-c1ccccc1)N1CCN(CC2CCCCC2)CC1. The Morgan fingerprint density at radius 2 is 1.77 bits per heavy atom. The van der Waals surface area contributed by atoms with E-state index in [1.165, 1.54) is 38.6 Å². The lowest BCUT2D eigenvalue weighted by atomic mass is 9.89. The molecule has 26 heavy (non-hydrogen) atoms. The highest BCUT2D eigenvalue weighted by Crippen LogP contribution is 2.25. The standard InChI is InChI=1S/C21H28N4O/c26-21(19-15-22-23-20(19)18-9-5-2-6-10-18)25-13-11-24(12-14-25)16-17-7-3-1-4-8-17/h2,5-6,9-10,15,17H,1,3-4,7-8,11-14,16H2,(H,22,23). The molecule has 1 amide bonds. The summed E-state index contributed by atoms with van der Waals surface area (Å²) in [5.41, 5.74) is 2.50. The number of piperazine rings is 1. The van der Waals surface area contributed by atoms with Crippen molar-refractivity contribution in [3.63, 3.8) is 0 Å². The number of benzene rings is 1. The Morgan fingerprint density at radius 1 is 1.04 bits per heavy atom. The third-order valence-corrected chi connectivity index (χ3v) is 5.83. The molecular formula is C21H28N4O. The second kappa shape index (κ2) is 8.04. The topological polar surface area (TPSA) is 52.2 Å². The van der Waals surface area contributed by atoms with E-state index < -0.39 is 0 Å². The molecule has 2 heterocycles. The summed E-state index contributed by atoms with van der Waals surface area (Å²) >= 11 is 0. The van der Waals surface area contributed by atoms with Crippen LogP contribution in [0.25, 0.3) is 11.3 Å². The van der Waals surface area contributed by atoms with Gasteiger partial charge in [0.25, 0.3) is 5.91 Å². The van der Waals surface area contributed by atoms with Crippen LogP contribution in [0.1, 0.15) is 42.5 Å². The normalized spacial score (nSPS) is 19.6. The van der Waals surface area contributed by atoms with E-state index in [-0.39, 0.29) is 5.91 Å². The molecule has 5 nitrogen and oxygen atoms in total. The molecule has 0 unspecified atom stereocenters. The van der Waals surface area contributed by atoms with Crippen molar-refractivity contribution in [2.75, 3.05) is 32.7 Å². The Bertz CT molecular complexity index is 713. The maximum atomic E-state index is 13.0. The summed E-state index contributed by atoms with van der Waals surface area (Å²) in [7, 11) is 0. The highest BCUT2D eigenvalue weighted by Gasteiger charge is 2.26. The van der Waals surface area contributed by atoms with Gasteiger partial charge >= 0.3 is 0 Å². The summed E-state index contributed by atoms with van der Waals surface area (Å²) in [6.07, 6.45) is 8.63. The third-order valence-electron chi connectivity index (χ3n) is 5.83. The van der Waals surface area contributed by atoms with Crippen molar-refractivity contribution >= 4 is 5.91 Å². The van der Waals surface area contributed by atoms with Gasteiger partial charge in [-0.2, -0.15) is 5.10 Å². The highest BCUT2D eigenvalue weighted by molar-refractivity contribution is 5.99. The first kappa shape index (κ1) is 17.3. The molecule has 0 bridgehead atoms. The van der Waals surface area contributed by atoms with Gasteiger partial charge in [0.05, 0.1) is 17.5 Å². The van der Waals surface area contributed by atoms with E-state index >= 15 is 0 Å². The molecule has 1 saturated heterocycles. The zero-order valence-electron chi connectivity index (χ0n) is 15.4. The number of H-pyrrole nitrogens is 1. The molecule has 0 spiro atoms. The molecule has 1 saturated carbocycles. The van der Waals surface area contributed by atoms with Crippen LogP contribution in [0.5, 0.6) is 0 Å². The predicted molar refractivity (Wildman–Crippen MR) is 103 cm³/mol. The average molecular weight is 352 g/mol. The first-order valence-electron chi connectivity index (χ1n) is 9.91. The molecule has 1 aliphatic heterocycles. The summed E-state index contributed by atoms with van der Waals surface area (Å²) in [6.45, 7) is 4.81. The van der Waals surface area contributed by atoms with E-state index in [1.807, 2.05) is 35.2 Å². The van der Waals surface area contributed by atoms with Crippen molar-refractivity contribution in [1.82, 2.24) is 20.0 Å². The molecule has 2 fully saturated rings. The van der Waals surface area contributed by atoms with Crippen LogP contribution in [0, 0.1) is 5.92 Å². The highest BCUT2D eigenvalue weighted by atomic mass is 16.2. The number of nitrogens with one attached hydrogen (secondary N) is 1. The zero-order chi connectivity index (χ0) is 17.8. The average Bonchev–Trinajstić information content (AvgIpc) is 3.19. The lowest BCUT2D eigenvalue weighted by Gasteiger charge is -2.37. The number of amides is 1. The summed E-state index contributed by atoms with van der Waals surface area (Å²) in [6, 6.07) is 9.95. The predicted octanol–water partition coefficient (Wildman–Crippen LogP) is 3.41. The molecule has 0 radical (unpaired) electrons. The molecule has 1 aliphatic carbocycles. The van der Waals surface area contributed by atoms with E-state index in [0.717, 1.165) is 43.4 Å². The van der Waals surface area contributed by atoms with Crippen molar-refractivity contribution in [3.8, 4) is 11.3 Å². The lowest BCUT2D eigenvalue weighted by molar-refractivity contribution is 0.0607. The van der Waals surface area contributed by atoms with Crippen LogP contribution in [0.15, 0.2) is 36.5 Å². The lowest BCUT2D eigenvalue weighted by Crippen LogP contribution is -2.49. The van der Waals surface area contributed by atoms with Crippen molar-refractivity contribution in [2.24, 2.45) is 5.92 Å². The molecule has 138 valence electrons. The maximum absolute atomic E-state index is 13.0. The molecular weight excluding hydrogens is 324 g/mol. The second-order valence-electron chi connectivity index (χ2n) is 7.62. The maximum Gasteiger partial charge on any atom is 0.257 e. The molecule has 1 N–H and O–H groups in total. The number of carbonyl (C=O) groups excluding carboxylic acids is 1.